The molecule has 49 heavy (non-hydrogen) atoms. The minimum absolute atomic E-state index is 0.245. The fraction of sp³-hybridized carbons (Fsp3) is 0.622. The number of hydrogen-bond acceptors (Lipinski definition) is 8. The lowest BCUT2D eigenvalue weighted by molar-refractivity contribution is 0.0127. The molecule has 0 unspecified atom stereocenters. The smallest absolute Gasteiger partial charge is 0.410 e. The van der Waals surface area contributed by atoms with Crippen LogP contribution in [0.15, 0.2) is 48.5 Å². The highest BCUT2D eigenvalue weighted by atomic mass is 19.3. The Morgan fingerprint density at radius 1 is 0.612 bits per heavy atom. The number of nitrogens with zero attached hydrogens (tertiary/aromatic N) is 4. The average molecular weight is 687 g/mol. The summed E-state index contributed by atoms with van der Waals surface area (Å²) < 4.78 is 52.9. The lowest BCUT2D eigenvalue weighted by Crippen LogP contribution is -2.50. The highest BCUT2D eigenvalue weighted by Crippen LogP contribution is 2.65. The first-order valence-electron chi connectivity index (χ1n) is 17.3. The van der Waals surface area contributed by atoms with Crippen LogP contribution in [-0.4, -0.2) is 128 Å². The summed E-state index contributed by atoms with van der Waals surface area (Å²) in [6.45, 7) is 18.8. The summed E-state index contributed by atoms with van der Waals surface area (Å²) >= 11 is 0. The van der Waals surface area contributed by atoms with Crippen LogP contribution in [0.3, 0.4) is 0 Å². The fourth-order valence-corrected chi connectivity index (χ4v) is 6.30. The zero-order chi connectivity index (χ0) is 35.5. The molecule has 1 aliphatic carbocycles. The zero-order valence-corrected chi connectivity index (χ0v) is 29.8. The van der Waals surface area contributed by atoms with E-state index < -0.39 is 22.5 Å². The molecule has 2 aliphatic heterocycles. The molecule has 270 valence electrons. The van der Waals surface area contributed by atoms with Gasteiger partial charge < -0.3 is 28.7 Å². The van der Waals surface area contributed by atoms with Gasteiger partial charge in [0, 0.05) is 71.9 Å². The number of alkyl halides is 2. The van der Waals surface area contributed by atoms with Crippen molar-refractivity contribution in [2.45, 2.75) is 70.5 Å². The summed E-state index contributed by atoms with van der Waals surface area (Å²) in [5.41, 5.74) is -1.29. The van der Waals surface area contributed by atoms with Gasteiger partial charge in [0.25, 0.3) is 5.92 Å². The van der Waals surface area contributed by atoms with Gasteiger partial charge in [0.15, 0.2) is 0 Å². The summed E-state index contributed by atoms with van der Waals surface area (Å²) in [5, 5.41) is 0. The predicted octanol–water partition coefficient (Wildman–Crippen LogP) is 5.87. The topological polar surface area (TPSA) is 84.0 Å². The SMILES string of the molecule is CC(C)(C)OC(=O)N1CCN(CCOc2ccc(C3(c4ccc(OCCN5CCN(C(=O)OC(C)(C)C)CC5)cc4)CC3(F)F)cc2)CC1. The maximum absolute atomic E-state index is 15.0. The Labute approximate surface area is 289 Å². The Balaban J connectivity index is 1.05. The molecular formula is C37H52F2N4O6. The molecule has 0 aromatic heterocycles. The van der Waals surface area contributed by atoms with Gasteiger partial charge in [-0.25, -0.2) is 18.4 Å². The Bertz CT molecular complexity index is 1310. The van der Waals surface area contributed by atoms with E-state index in [-0.39, 0.29) is 18.6 Å². The van der Waals surface area contributed by atoms with Crippen molar-refractivity contribution in [1.82, 2.24) is 19.6 Å². The molecule has 0 bridgehead atoms. The van der Waals surface area contributed by atoms with E-state index in [1.54, 1.807) is 58.3 Å². The quantitative estimate of drug-likeness (QED) is 0.307. The lowest BCUT2D eigenvalue weighted by Gasteiger charge is -2.35. The number of ether oxygens (including phenoxy) is 4. The van der Waals surface area contributed by atoms with Gasteiger partial charge in [0.2, 0.25) is 0 Å². The van der Waals surface area contributed by atoms with Gasteiger partial charge in [-0.15, -0.1) is 0 Å². The van der Waals surface area contributed by atoms with Crippen LogP contribution >= 0.6 is 0 Å². The van der Waals surface area contributed by atoms with Crippen molar-refractivity contribution in [2.24, 2.45) is 0 Å². The molecule has 0 atom stereocenters. The van der Waals surface area contributed by atoms with Gasteiger partial charge in [-0.3, -0.25) is 9.80 Å². The molecule has 5 rings (SSSR count). The number of carbonyl (C=O) groups is 2. The maximum Gasteiger partial charge on any atom is 0.410 e. The van der Waals surface area contributed by atoms with Crippen molar-refractivity contribution in [3.63, 3.8) is 0 Å². The van der Waals surface area contributed by atoms with Crippen molar-refractivity contribution >= 4 is 12.2 Å². The zero-order valence-electron chi connectivity index (χ0n) is 29.8. The summed E-state index contributed by atoms with van der Waals surface area (Å²) in [7, 11) is 0. The summed E-state index contributed by atoms with van der Waals surface area (Å²) in [5.74, 6) is -1.59. The molecule has 0 radical (unpaired) electrons. The molecule has 3 aliphatic rings. The molecule has 10 nitrogen and oxygen atoms in total. The van der Waals surface area contributed by atoms with Crippen LogP contribution in [0.25, 0.3) is 0 Å². The fourth-order valence-electron chi connectivity index (χ4n) is 6.30. The second kappa shape index (κ2) is 14.7. The van der Waals surface area contributed by atoms with E-state index in [0.717, 1.165) is 26.2 Å². The Morgan fingerprint density at radius 3 is 1.22 bits per heavy atom. The minimum atomic E-state index is -2.85. The van der Waals surface area contributed by atoms with Crippen LogP contribution in [0.1, 0.15) is 59.1 Å². The third kappa shape index (κ3) is 9.54. The summed E-state index contributed by atoms with van der Waals surface area (Å²) in [4.78, 5) is 32.5. The lowest BCUT2D eigenvalue weighted by atomic mass is 9.87. The molecule has 0 spiro atoms. The molecule has 3 fully saturated rings. The maximum atomic E-state index is 15.0. The number of halogens is 2. The second-order valence-electron chi connectivity index (χ2n) is 15.2. The summed E-state index contributed by atoms with van der Waals surface area (Å²) in [6.07, 6.45) is -0.816. The van der Waals surface area contributed by atoms with Gasteiger partial charge in [0.05, 0.1) is 5.41 Å². The highest BCUT2D eigenvalue weighted by molar-refractivity contribution is 5.68. The van der Waals surface area contributed by atoms with Gasteiger partial charge in [-0.1, -0.05) is 24.3 Å². The monoisotopic (exact) mass is 686 g/mol. The van der Waals surface area contributed by atoms with Gasteiger partial charge in [0.1, 0.15) is 35.9 Å². The molecule has 1 saturated carbocycles. The first-order chi connectivity index (χ1) is 23.0. The first-order valence-corrected chi connectivity index (χ1v) is 17.3. The molecular weight excluding hydrogens is 634 g/mol. The second-order valence-corrected chi connectivity index (χ2v) is 15.2. The molecule has 12 heteroatoms. The van der Waals surface area contributed by atoms with Gasteiger partial charge in [-0.2, -0.15) is 0 Å². The standard InChI is InChI=1S/C37H52F2N4O6/c1-34(2,3)48-32(44)42-19-15-40(16-20-42)23-25-46-30-11-7-28(8-12-30)36(27-37(36,38)39)29-9-13-31(14-10-29)47-26-24-41-17-21-43(22-18-41)33(45)49-35(4,5)6/h7-14H,15-27H2,1-6H3. The van der Waals surface area contributed by atoms with Crippen molar-refractivity contribution in [3.8, 4) is 11.5 Å². The predicted molar refractivity (Wildman–Crippen MR) is 183 cm³/mol. The van der Waals surface area contributed by atoms with E-state index in [2.05, 4.69) is 9.80 Å². The van der Waals surface area contributed by atoms with E-state index in [0.29, 0.717) is 75.1 Å². The first kappa shape index (κ1) is 36.6. The van der Waals surface area contributed by atoms with Crippen molar-refractivity contribution in [2.75, 3.05) is 78.7 Å². The van der Waals surface area contributed by atoms with Crippen LogP contribution in [0, 0.1) is 0 Å². The van der Waals surface area contributed by atoms with Crippen LogP contribution in [-0.2, 0) is 14.9 Å². The van der Waals surface area contributed by atoms with Crippen molar-refractivity contribution in [3.05, 3.63) is 59.7 Å². The number of amides is 2. The Morgan fingerprint density at radius 2 is 0.939 bits per heavy atom. The molecule has 0 N–H and O–H groups in total. The molecule has 2 aromatic rings. The number of hydrogen-bond donors (Lipinski definition) is 0. The van der Waals surface area contributed by atoms with Crippen molar-refractivity contribution in [1.29, 1.82) is 0 Å². The number of carbonyl (C=O) groups excluding carboxylic acids is 2. The molecule has 2 amide bonds. The molecule has 2 aromatic carbocycles. The van der Waals surface area contributed by atoms with Gasteiger partial charge >= 0.3 is 12.2 Å². The van der Waals surface area contributed by atoms with E-state index in [1.807, 2.05) is 41.5 Å². The molecule has 2 heterocycles. The average Bonchev–Trinajstić information content (AvgIpc) is 3.63. The summed E-state index contributed by atoms with van der Waals surface area (Å²) in [6, 6.07) is 14.0. The van der Waals surface area contributed by atoms with Crippen LogP contribution in [0.5, 0.6) is 11.5 Å². The third-order valence-corrected chi connectivity index (χ3v) is 9.08. The molecule has 2 saturated heterocycles. The normalized spacial score (nSPS) is 19.7. The van der Waals surface area contributed by atoms with E-state index in [9.17, 15) is 9.59 Å². The largest absolute Gasteiger partial charge is 0.492 e. The number of piperazine rings is 2. The highest BCUT2D eigenvalue weighted by Gasteiger charge is 2.72. The van der Waals surface area contributed by atoms with Crippen LogP contribution in [0.2, 0.25) is 0 Å². The van der Waals surface area contributed by atoms with Crippen LogP contribution in [0.4, 0.5) is 18.4 Å². The van der Waals surface area contributed by atoms with Crippen molar-refractivity contribution < 1.29 is 37.3 Å². The van der Waals surface area contributed by atoms with Crippen LogP contribution < -0.4 is 9.47 Å². The Kier molecular flexibility index (Phi) is 11.0. The van der Waals surface area contributed by atoms with E-state index in [4.69, 9.17) is 18.9 Å². The Hall–Kier alpha value is -3.64. The minimum Gasteiger partial charge on any atom is -0.492 e. The third-order valence-electron chi connectivity index (χ3n) is 9.08. The number of rotatable bonds is 10. The number of benzene rings is 2. The van der Waals surface area contributed by atoms with E-state index in [1.165, 1.54) is 0 Å². The van der Waals surface area contributed by atoms with E-state index >= 15 is 8.78 Å². The van der Waals surface area contributed by atoms with Gasteiger partial charge in [-0.05, 0) is 76.9 Å².